The second kappa shape index (κ2) is 10.7. The van der Waals surface area contributed by atoms with Crippen LogP contribution in [0, 0.1) is 20.8 Å². The van der Waals surface area contributed by atoms with Gasteiger partial charge in [-0.3, -0.25) is 4.55 Å². The van der Waals surface area contributed by atoms with Crippen molar-refractivity contribution in [3.63, 3.8) is 0 Å². The largest absolute Gasteiger partial charge is 0.492 e. The Bertz CT molecular complexity index is 857. The molecule has 1 aliphatic rings. The maximum atomic E-state index is 11.0. The molecule has 0 fully saturated rings. The van der Waals surface area contributed by atoms with Crippen LogP contribution >= 0.6 is 0 Å². The summed E-state index contributed by atoms with van der Waals surface area (Å²) in [6.45, 7) is 10.3. The maximum absolute atomic E-state index is 11.0. The van der Waals surface area contributed by atoms with E-state index in [1.165, 1.54) is 32.1 Å². The molecular formula is C24H38O5S. The van der Waals surface area contributed by atoms with Gasteiger partial charge < -0.3 is 9.47 Å². The van der Waals surface area contributed by atoms with E-state index in [2.05, 4.69) is 26.0 Å². The molecule has 0 saturated heterocycles. The summed E-state index contributed by atoms with van der Waals surface area (Å²) in [6, 6.07) is 0. The molecule has 0 aromatic heterocycles. The molecule has 1 aromatic rings. The van der Waals surface area contributed by atoms with Crippen LogP contribution in [-0.4, -0.2) is 30.9 Å². The summed E-state index contributed by atoms with van der Waals surface area (Å²) in [5.41, 5.74) is 3.78. The summed E-state index contributed by atoms with van der Waals surface area (Å²) in [5, 5.41) is 0. The van der Waals surface area contributed by atoms with Crippen LogP contribution in [0.25, 0.3) is 0 Å². The van der Waals surface area contributed by atoms with Gasteiger partial charge in [0.15, 0.2) is 0 Å². The number of fused-ring (bicyclic) bond motifs is 1. The van der Waals surface area contributed by atoms with Gasteiger partial charge in [0.25, 0.3) is 10.1 Å². The zero-order valence-corrected chi connectivity index (χ0v) is 20.0. The van der Waals surface area contributed by atoms with E-state index < -0.39 is 15.9 Å². The molecule has 0 radical (unpaired) electrons. The molecule has 0 amide bonds. The summed E-state index contributed by atoms with van der Waals surface area (Å²) in [6.07, 6.45) is 13.8. The average Bonchev–Trinajstić information content (AvgIpc) is 2.67. The Morgan fingerprint density at radius 3 is 2.47 bits per heavy atom. The molecule has 6 heteroatoms. The number of hydrogen-bond donors (Lipinski definition) is 1. The molecule has 1 heterocycles. The predicted molar refractivity (Wildman–Crippen MR) is 122 cm³/mol. The number of rotatable bonds is 11. The van der Waals surface area contributed by atoms with Crippen molar-refractivity contribution in [1.29, 1.82) is 0 Å². The number of ether oxygens (including phenoxy) is 2. The zero-order valence-electron chi connectivity index (χ0n) is 19.2. The van der Waals surface area contributed by atoms with Gasteiger partial charge in [-0.15, -0.1) is 0 Å². The van der Waals surface area contributed by atoms with Gasteiger partial charge in [0.1, 0.15) is 29.5 Å². The maximum Gasteiger partial charge on any atom is 0.268 e. The van der Waals surface area contributed by atoms with Gasteiger partial charge in [0.05, 0.1) is 0 Å². The highest BCUT2D eigenvalue weighted by Crippen LogP contribution is 2.44. The van der Waals surface area contributed by atoms with E-state index in [1.807, 2.05) is 20.8 Å². The molecule has 1 atom stereocenters. The molecule has 2 rings (SSSR count). The lowest BCUT2D eigenvalue weighted by atomic mass is 9.86. The van der Waals surface area contributed by atoms with Gasteiger partial charge in [0, 0.05) is 5.56 Å². The first-order valence-corrected chi connectivity index (χ1v) is 12.8. The molecule has 1 aliphatic heterocycles. The second-order valence-electron chi connectivity index (χ2n) is 8.67. The third-order valence-electron chi connectivity index (χ3n) is 6.05. The van der Waals surface area contributed by atoms with E-state index in [0.717, 1.165) is 47.3 Å². The van der Waals surface area contributed by atoms with Crippen molar-refractivity contribution in [1.82, 2.24) is 0 Å². The Labute approximate surface area is 182 Å². The van der Waals surface area contributed by atoms with E-state index in [-0.39, 0.29) is 12.2 Å². The van der Waals surface area contributed by atoms with E-state index in [0.29, 0.717) is 5.75 Å². The van der Waals surface area contributed by atoms with Gasteiger partial charge in [-0.1, -0.05) is 38.7 Å². The topological polar surface area (TPSA) is 72.8 Å². The molecular weight excluding hydrogens is 400 g/mol. The number of allylic oxidation sites excluding steroid dienone is 1. The van der Waals surface area contributed by atoms with E-state index in [9.17, 15) is 8.42 Å². The van der Waals surface area contributed by atoms with Crippen molar-refractivity contribution in [2.24, 2.45) is 0 Å². The standard InChI is InChI=1S/C24H38O5S/c1-6-7-8-9-10-11-12-14-24(5)15-13-21-20(4)22(28-16-17-30(25,26)27)18(2)19(3)23(21)29-24/h12,14H,6-11,13,15-17H2,1-5H3,(H,25,26,27). The zero-order chi connectivity index (χ0) is 22.4. The molecule has 5 nitrogen and oxygen atoms in total. The lowest BCUT2D eigenvalue weighted by Gasteiger charge is -2.36. The van der Waals surface area contributed by atoms with Gasteiger partial charge >= 0.3 is 0 Å². The SMILES string of the molecule is CCCCCCCC=CC1(C)CCc2c(C)c(OCCS(=O)(=O)O)c(C)c(C)c2O1. The third kappa shape index (κ3) is 6.74. The van der Waals surface area contributed by atoms with Gasteiger partial charge in [0.2, 0.25) is 0 Å². The number of hydrogen-bond acceptors (Lipinski definition) is 4. The highest BCUT2D eigenvalue weighted by molar-refractivity contribution is 7.85. The normalized spacial score (nSPS) is 19.0. The first-order chi connectivity index (χ1) is 14.1. The Hall–Kier alpha value is -1.53. The van der Waals surface area contributed by atoms with Crippen molar-refractivity contribution in [3.8, 4) is 11.5 Å². The molecule has 1 unspecified atom stereocenters. The Morgan fingerprint density at radius 2 is 1.80 bits per heavy atom. The van der Waals surface area contributed by atoms with Crippen LogP contribution in [0.3, 0.4) is 0 Å². The Balaban J connectivity index is 2.09. The van der Waals surface area contributed by atoms with Gasteiger partial charge in [-0.2, -0.15) is 8.42 Å². The molecule has 1 N–H and O–H groups in total. The molecule has 170 valence electrons. The first kappa shape index (κ1) is 24.7. The van der Waals surface area contributed by atoms with Crippen LogP contribution in [0.5, 0.6) is 11.5 Å². The molecule has 1 aromatic carbocycles. The van der Waals surface area contributed by atoms with Crippen LogP contribution < -0.4 is 9.47 Å². The summed E-state index contributed by atoms with van der Waals surface area (Å²) in [7, 11) is -4.04. The molecule has 0 bridgehead atoms. The molecule has 0 saturated carbocycles. The van der Waals surface area contributed by atoms with E-state index in [1.54, 1.807) is 0 Å². The van der Waals surface area contributed by atoms with Crippen LogP contribution in [0.1, 0.15) is 81.0 Å². The fourth-order valence-electron chi connectivity index (χ4n) is 4.03. The minimum absolute atomic E-state index is 0.0711. The monoisotopic (exact) mass is 438 g/mol. The highest BCUT2D eigenvalue weighted by atomic mass is 32.2. The Morgan fingerprint density at radius 1 is 1.10 bits per heavy atom. The number of benzene rings is 1. The van der Waals surface area contributed by atoms with E-state index in [4.69, 9.17) is 14.0 Å². The Kier molecular flexibility index (Phi) is 8.80. The van der Waals surface area contributed by atoms with Crippen molar-refractivity contribution >= 4 is 10.1 Å². The van der Waals surface area contributed by atoms with Crippen LogP contribution in [0.15, 0.2) is 12.2 Å². The van der Waals surface area contributed by atoms with Crippen LogP contribution in [0.4, 0.5) is 0 Å². The predicted octanol–water partition coefficient (Wildman–Crippen LogP) is 5.88. The number of unbranched alkanes of at least 4 members (excludes halogenated alkanes) is 5. The fourth-order valence-corrected chi connectivity index (χ4v) is 4.33. The molecule has 0 spiro atoms. The summed E-state index contributed by atoms with van der Waals surface area (Å²) in [4.78, 5) is 0. The van der Waals surface area contributed by atoms with Gasteiger partial charge in [-0.25, -0.2) is 0 Å². The lowest BCUT2D eigenvalue weighted by Crippen LogP contribution is -2.35. The summed E-state index contributed by atoms with van der Waals surface area (Å²) < 4.78 is 43.2. The van der Waals surface area contributed by atoms with Gasteiger partial charge in [-0.05, 0) is 76.1 Å². The molecule has 0 aliphatic carbocycles. The van der Waals surface area contributed by atoms with Crippen LogP contribution in [-0.2, 0) is 16.5 Å². The van der Waals surface area contributed by atoms with Crippen molar-refractivity contribution in [3.05, 3.63) is 34.4 Å². The minimum atomic E-state index is -4.04. The highest BCUT2D eigenvalue weighted by Gasteiger charge is 2.32. The summed E-state index contributed by atoms with van der Waals surface area (Å²) in [5.74, 6) is 1.21. The van der Waals surface area contributed by atoms with Crippen molar-refractivity contribution in [2.75, 3.05) is 12.4 Å². The average molecular weight is 439 g/mol. The van der Waals surface area contributed by atoms with Crippen LogP contribution in [0.2, 0.25) is 0 Å². The third-order valence-corrected chi connectivity index (χ3v) is 6.73. The fraction of sp³-hybridized carbons (Fsp3) is 0.667. The molecule has 30 heavy (non-hydrogen) atoms. The van der Waals surface area contributed by atoms with Crippen molar-refractivity contribution < 1.29 is 22.4 Å². The van der Waals surface area contributed by atoms with Crippen molar-refractivity contribution in [2.45, 2.75) is 91.6 Å². The summed E-state index contributed by atoms with van der Waals surface area (Å²) >= 11 is 0. The second-order valence-corrected chi connectivity index (χ2v) is 10.2. The first-order valence-electron chi connectivity index (χ1n) is 11.2. The smallest absolute Gasteiger partial charge is 0.268 e. The minimum Gasteiger partial charge on any atom is -0.492 e. The van der Waals surface area contributed by atoms with E-state index >= 15 is 0 Å². The quantitative estimate of drug-likeness (QED) is 0.265. The lowest BCUT2D eigenvalue weighted by molar-refractivity contribution is 0.112.